The van der Waals surface area contributed by atoms with E-state index in [1.54, 1.807) is 7.11 Å². The monoisotopic (exact) mass is 275 g/mol. The predicted octanol–water partition coefficient (Wildman–Crippen LogP) is 1.75. The van der Waals surface area contributed by atoms with E-state index < -0.39 is 0 Å². The minimum Gasteiger partial charge on any atom is -0.382 e. The number of nitrogens with one attached hydrogen (secondary N) is 1. The summed E-state index contributed by atoms with van der Waals surface area (Å²) in [6, 6.07) is 0. The van der Waals surface area contributed by atoms with E-state index in [2.05, 4.69) is 12.2 Å². The van der Waals surface area contributed by atoms with Crippen LogP contribution in [0.15, 0.2) is 0 Å². The van der Waals surface area contributed by atoms with Gasteiger partial charge in [0.05, 0.1) is 33.0 Å². The molecule has 0 aliphatic carbocycles. The van der Waals surface area contributed by atoms with E-state index in [1.165, 1.54) is 12.8 Å². The predicted molar refractivity (Wildman–Crippen MR) is 75.3 cm³/mol. The van der Waals surface area contributed by atoms with Gasteiger partial charge in [-0.25, -0.2) is 0 Å². The summed E-state index contributed by atoms with van der Waals surface area (Å²) >= 11 is 0. The Balaban J connectivity index is 3.10. The van der Waals surface area contributed by atoms with E-state index in [-0.39, 0.29) is 5.91 Å². The van der Waals surface area contributed by atoms with Crippen LogP contribution in [0.4, 0.5) is 0 Å². The highest BCUT2D eigenvalue weighted by Crippen LogP contribution is 2.01. The number of unbranched alkanes of at least 4 members (excludes halogenated alkanes) is 3. The fraction of sp³-hybridized carbons (Fsp3) is 0.929. The molecule has 114 valence electrons. The van der Waals surface area contributed by atoms with Gasteiger partial charge < -0.3 is 19.5 Å². The molecule has 5 heteroatoms. The summed E-state index contributed by atoms with van der Waals surface area (Å²) in [5.41, 5.74) is 0. The Bertz CT molecular complexity index is 200. The van der Waals surface area contributed by atoms with Crippen molar-refractivity contribution in [3.05, 3.63) is 0 Å². The zero-order valence-corrected chi connectivity index (χ0v) is 12.4. The lowest BCUT2D eigenvalue weighted by molar-refractivity contribution is -0.121. The first-order valence-corrected chi connectivity index (χ1v) is 7.22. The quantitative estimate of drug-likeness (QED) is 0.491. The molecule has 0 aromatic rings. The molecule has 1 N–H and O–H groups in total. The summed E-state index contributed by atoms with van der Waals surface area (Å²) in [7, 11) is 1.64. The van der Waals surface area contributed by atoms with Crippen LogP contribution in [0.3, 0.4) is 0 Å². The number of methoxy groups -OCH3 is 1. The maximum absolute atomic E-state index is 11.4. The summed E-state index contributed by atoms with van der Waals surface area (Å²) < 4.78 is 15.4. The van der Waals surface area contributed by atoms with Crippen LogP contribution in [-0.2, 0) is 19.0 Å². The van der Waals surface area contributed by atoms with Crippen molar-refractivity contribution in [2.75, 3.05) is 46.7 Å². The van der Waals surface area contributed by atoms with Gasteiger partial charge in [-0.1, -0.05) is 26.2 Å². The van der Waals surface area contributed by atoms with Crippen molar-refractivity contribution >= 4 is 5.91 Å². The highest BCUT2D eigenvalue weighted by molar-refractivity contribution is 5.75. The normalized spacial score (nSPS) is 10.6. The molecule has 0 aliphatic heterocycles. The first kappa shape index (κ1) is 18.4. The molecule has 0 aromatic carbocycles. The first-order chi connectivity index (χ1) is 9.31. The van der Waals surface area contributed by atoms with Crippen LogP contribution in [0.1, 0.15) is 39.0 Å². The summed E-state index contributed by atoms with van der Waals surface area (Å²) in [4.78, 5) is 11.4. The zero-order valence-electron chi connectivity index (χ0n) is 12.4. The van der Waals surface area contributed by atoms with Crippen LogP contribution in [0.5, 0.6) is 0 Å². The molecule has 0 saturated carbocycles. The molecule has 0 atom stereocenters. The van der Waals surface area contributed by atoms with Crippen molar-refractivity contribution in [2.24, 2.45) is 0 Å². The number of carbonyl (C=O) groups excluding carboxylic acids is 1. The molecule has 0 heterocycles. The average molecular weight is 275 g/mol. The van der Waals surface area contributed by atoms with Gasteiger partial charge in [-0.2, -0.15) is 0 Å². The largest absolute Gasteiger partial charge is 0.382 e. The van der Waals surface area contributed by atoms with Crippen molar-refractivity contribution in [3.63, 3.8) is 0 Å². The van der Waals surface area contributed by atoms with Gasteiger partial charge in [-0.15, -0.1) is 0 Å². The number of hydrogen-bond acceptors (Lipinski definition) is 4. The van der Waals surface area contributed by atoms with E-state index in [0.29, 0.717) is 46.0 Å². The molecule has 0 aliphatic rings. The standard InChI is InChI=1S/C14H29NO4/c1-3-4-5-6-7-14(16)15-8-9-18-12-13-19-11-10-17-2/h3-13H2,1-2H3,(H,15,16). The highest BCUT2D eigenvalue weighted by Gasteiger charge is 1.99. The van der Waals surface area contributed by atoms with Crippen LogP contribution in [0, 0.1) is 0 Å². The van der Waals surface area contributed by atoms with Crippen molar-refractivity contribution in [3.8, 4) is 0 Å². The Morgan fingerprint density at radius 3 is 2.32 bits per heavy atom. The molecular formula is C14H29NO4. The van der Waals surface area contributed by atoms with E-state index in [9.17, 15) is 4.79 Å². The smallest absolute Gasteiger partial charge is 0.220 e. The Kier molecular flexibility index (Phi) is 14.9. The zero-order chi connectivity index (χ0) is 14.2. The van der Waals surface area contributed by atoms with Gasteiger partial charge >= 0.3 is 0 Å². The van der Waals surface area contributed by atoms with Crippen molar-refractivity contribution in [1.82, 2.24) is 5.32 Å². The summed E-state index contributed by atoms with van der Waals surface area (Å²) in [6.07, 6.45) is 5.15. The Labute approximate surface area is 117 Å². The molecule has 0 fully saturated rings. The number of amides is 1. The molecule has 0 aromatic heterocycles. The molecular weight excluding hydrogens is 246 g/mol. The van der Waals surface area contributed by atoms with Crippen molar-refractivity contribution in [2.45, 2.75) is 39.0 Å². The van der Waals surface area contributed by atoms with Gasteiger partial charge in [0, 0.05) is 20.1 Å². The van der Waals surface area contributed by atoms with Gasteiger partial charge in [-0.3, -0.25) is 4.79 Å². The topological polar surface area (TPSA) is 56.8 Å². The summed E-state index contributed by atoms with van der Waals surface area (Å²) in [5, 5.41) is 2.85. The van der Waals surface area contributed by atoms with Crippen LogP contribution in [-0.4, -0.2) is 52.6 Å². The first-order valence-electron chi connectivity index (χ1n) is 7.22. The van der Waals surface area contributed by atoms with Gasteiger partial charge in [0.1, 0.15) is 0 Å². The molecule has 0 unspecified atom stereocenters. The molecule has 0 radical (unpaired) electrons. The van der Waals surface area contributed by atoms with Crippen LogP contribution < -0.4 is 5.32 Å². The third kappa shape index (κ3) is 15.3. The van der Waals surface area contributed by atoms with Gasteiger partial charge in [0.2, 0.25) is 5.91 Å². The molecule has 5 nitrogen and oxygen atoms in total. The highest BCUT2D eigenvalue weighted by atomic mass is 16.5. The SMILES string of the molecule is CCCCCCC(=O)NCCOCCOCCOC. The molecule has 1 amide bonds. The lowest BCUT2D eigenvalue weighted by Gasteiger charge is -2.07. The van der Waals surface area contributed by atoms with E-state index in [0.717, 1.165) is 12.8 Å². The van der Waals surface area contributed by atoms with E-state index in [1.807, 2.05) is 0 Å². The maximum Gasteiger partial charge on any atom is 0.220 e. The third-order valence-corrected chi connectivity index (χ3v) is 2.63. The molecule has 0 bridgehead atoms. The second-order valence-electron chi connectivity index (χ2n) is 4.38. The second-order valence-corrected chi connectivity index (χ2v) is 4.38. The Hall–Kier alpha value is -0.650. The van der Waals surface area contributed by atoms with Gasteiger partial charge in [0.15, 0.2) is 0 Å². The number of rotatable bonds is 14. The van der Waals surface area contributed by atoms with Crippen LogP contribution in [0.25, 0.3) is 0 Å². The molecule has 0 rings (SSSR count). The third-order valence-electron chi connectivity index (χ3n) is 2.63. The minimum atomic E-state index is 0.121. The van der Waals surface area contributed by atoms with Gasteiger partial charge in [0.25, 0.3) is 0 Å². The van der Waals surface area contributed by atoms with Crippen molar-refractivity contribution < 1.29 is 19.0 Å². The summed E-state index contributed by atoms with van der Waals surface area (Å²) in [6.45, 7) is 5.59. The lowest BCUT2D eigenvalue weighted by atomic mass is 10.1. The molecule has 19 heavy (non-hydrogen) atoms. The molecule has 0 spiro atoms. The Morgan fingerprint density at radius 1 is 0.947 bits per heavy atom. The maximum atomic E-state index is 11.4. The summed E-state index contributed by atoms with van der Waals surface area (Å²) in [5.74, 6) is 0.121. The Morgan fingerprint density at radius 2 is 1.63 bits per heavy atom. The number of carbonyl (C=O) groups is 1. The van der Waals surface area contributed by atoms with Crippen LogP contribution >= 0.6 is 0 Å². The number of hydrogen-bond donors (Lipinski definition) is 1. The fourth-order valence-corrected chi connectivity index (χ4v) is 1.53. The fourth-order valence-electron chi connectivity index (χ4n) is 1.53. The van der Waals surface area contributed by atoms with Gasteiger partial charge in [-0.05, 0) is 6.42 Å². The lowest BCUT2D eigenvalue weighted by Crippen LogP contribution is -2.27. The van der Waals surface area contributed by atoms with E-state index in [4.69, 9.17) is 14.2 Å². The van der Waals surface area contributed by atoms with E-state index >= 15 is 0 Å². The van der Waals surface area contributed by atoms with Crippen molar-refractivity contribution in [1.29, 1.82) is 0 Å². The second kappa shape index (κ2) is 15.4. The number of ether oxygens (including phenoxy) is 3. The minimum absolute atomic E-state index is 0.121. The molecule has 0 saturated heterocycles. The van der Waals surface area contributed by atoms with Crippen LogP contribution in [0.2, 0.25) is 0 Å². The average Bonchev–Trinajstić information content (AvgIpc) is 2.42.